The van der Waals surface area contributed by atoms with Crippen LogP contribution in [0.15, 0.2) is 130 Å². The second kappa shape index (κ2) is 7.94. The quantitative estimate of drug-likeness (QED) is 0.368. The fourth-order valence-electron chi connectivity index (χ4n) is 2.79. The molecule has 4 rings (SSSR count). The first-order chi connectivity index (χ1) is 12.9. The Kier molecular flexibility index (Phi) is 5.04. The van der Waals surface area contributed by atoms with E-state index in [0.29, 0.717) is 0 Å². The van der Waals surface area contributed by atoms with Crippen molar-refractivity contribution in [3.8, 4) is 11.5 Å². The highest BCUT2D eigenvalue weighted by Gasteiger charge is 2.28. The third-order valence-electron chi connectivity index (χ3n) is 4.00. The van der Waals surface area contributed by atoms with E-state index < -0.39 is 0 Å². The fourth-order valence-corrected chi connectivity index (χ4v) is 4.87. The molecule has 0 saturated heterocycles. The largest absolute Gasteiger partial charge is 0.457 e. The Bertz CT molecular complexity index is 896. The summed E-state index contributed by atoms with van der Waals surface area (Å²) in [5, 5.41) is 0. The van der Waals surface area contributed by atoms with Gasteiger partial charge in [-0.05, 0) is 60.7 Å². The van der Waals surface area contributed by atoms with Crippen LogP contribution in [0, 0.1) is 0 Å². The van der Waals surface area contributed by atoms with E-state index in [1.807, 2.05) is 42.5 Å². The van der Waals surface area contributed by atoms with Crippen molar-refractivity contribution >= 4 is 10.9 Å². The second-order valence-electron chi connectivity index (χ2n) is 5.82. The number of hydrogen-bond donors (Lipinski definition) is 0. The third kappa shape index (κ3) is 3.81. The molecule has 0 aliphatic carbocycles. The van der Waals surface area contributed by atoms with Gasteiger partial charge in [0.2, 0.25) is 0 Å². The topological polar surface area (TPSA) is 9.23 Å². The highest BCUT2D eigenvalue weighted by Crippen LogP contribution is 2.32. The normalized spacial score (nSPS) is 10.7. The monoisotopic (exact) mass is 355 g/mol. The summed E-state index contributed by atoms with van der Waals surface area (Å²) >= 11 is 0. The van der Waals surface area contributed by atoms with E-state index >= 15 is 0 Å². The summed E-state index contributed by atoms with van der Waals surface area (Å²) in [7, 11) is -0.125. The molecule has 0 aliphatic heterocycles. The molecule has 0 amide bonds. The standard InChI is InChI=1S/C24H19OS/c1-4-10-20(11-5-1)25-21-16-18-24(19-17-21)26(22-12-6-2-7-13-22)23-14-8-3-9-15-23/h1-19H/q+1. The SMILES string of the molecule is c1ccc(Oc2ccc([S+](c3ccccc3)c3ccccc3)cc2)cc1. The highest BCUT2D eigenvalue weighted by atomic mass is 32.2. The maximum absolute atomic E-state index is 5.93. The Morgan fingerprint density at radius 1 is 0.385 bits per heavy atom. The third-order valence-corrected chi connectivity index (χ3v) is 6.23. The zero-order valence-corrected chi connectivity index (χ0v) is 15.1. The smallest absolute Gasteiger partial charge is 0.166 e. The maximum atomic E-state index is 5.93. The van der Waals surface area contributed by atoms with Crippen LogP contribution in [0.4, 0.5) is 0 Å². The van der Waals surface area contributed by atoms with Crippen molar-refractivity contribution < 1.29 is 4.74 Å². The van der Waals surface area contributed by atoms with E-state index in [4.69, 9.17) is 4.74 Å². The Morgan fingerprint density at radius 2 is 0.769 bits per heavy atom. The molecule has 0 aromatic heterocycles. The van der Waals surface area contributed by atoms with Crippen LogP contribution in [0.1, 0.15) is 0 Å². The van der Waals surface area contributed by atoms with Crippen LogP contribution >= 0.6 is 0 Å². The van der Waals surface area contributed by atoms with E-state index in [0.717, 1.165) is 11.5 Å². The summed E-state index contributed by atoms with van der Waals surface area (Å²) in [6.45, 7) is 0. The first-order valence-electron chi connectivity index (χ1n) is 8.57. The summed E-state index contributed by atoms with van der Waals surface area (Å²) in [5.41, 5.74) is 0. The number of ether oxygens (including phenoxy) is 1. The van der Waals surface area contributed by atoms with E-state index in [9.17, 15) is 0 Å². The second-order valence-corrected chi connectivity index (χ2v) is 7.85. The summed E-state index contributed by atoms with van der Waals surface area (Å²) in [5.74, 6) is 1.70. The number of para-hydroxylation sites is 1. The number of hydrogen-bond acceptors (Lipinski definition) is 1. The van der Waals surface area contributed by atoms with Crippen molar-refractivity contribution in [2.24, 2.45) is 0 Å². The molecule has 4 aromatic rings. The molecule has 2 heteroatoms. The van der Waals surface area contributed by atoms with Gasteiger partial charge in [0.05, 0.1) is 10.9 Å². The first-order valence-corrected chi connectivity index (χ1v) is 9.80. The minimum Gasteiger partial charge on any atom is -0.457 e. The predicted molar refractivity (Wildman–Crippen MR) is 108 cm³/mol. The molecule has 0 heterocycles. The molecular formula is C24H19OS+. The molecule has 0 aliphatic rings. The molecule has 1 nitrogen and oxygen atoms in total. The van der Waals surface area contributed by atoms with Gasteiger partial charge in [0.1, 0.15) is 11.5 Å². The van der Waals surface area contributed by atoms with Crippen LogP contribution in [-0.2, 0) is 10.9 Å². The molecule has 0 fully saturated rings. The van der Waals surface area contributed by atoms with Gasteiger partial charge >= 0.3 is 0 Å². The van der Waals surface area contributed by atoms with Gasteiger partial charge in [-0.2, -0.15) is 0 Å². The van der Waals surface area contributed by atoms with Crippen molar-refractivity contribution in [3.05, 3.63) is 115 Å². The van der Waals surface area contributed by atoms with E-state index in [-0.39, 0.29) is 10.9 Å². The Labute approximate surface area is 157 Å². The van der Waals surface area contributed by atoms with Crippen LogP contribution in [0.5, 0.6) is 11.5 Å². The maximum Gasteiger partial charge on any atom is 0.166 e. The first kappa shape index (κ1) is 16.5. The Hall–Kier alpha value is -2.97. The van der Waals surface area contributed by atoms with Gasteiger partial charge in [0.25, 0.3) is 0 Å². The van der Waals surface area contributed by atoms with Gasteiger partial charge in [-0.3, -0.25) is 0 Å². The van der Waals surface area contributed by atoms with Crippen molar-refractivity contribution in [2.75, 3.05) is 0 Å². The minimum absolute atomic E-state index is 0.125. The minimum atomic E-state index is -0.125. The molecule has 0 N–H and O–H groups in total. The molecule has 0 unspecified atom stereocenters. The molecule has 4 aromatic carbocycles. The zero-order chi connectivity index (χ0) is 17.6. The number of rotatable bonds is 5. The zero-order valence-electron chi connectivity index (χ0n) is 14.3. The van der Waals surface area contributed by atoms with Gasteiger partial charge < -0.3 is 4.74 Å². The van der Waals surface area contributed by atoms with Gasteiger partial charge in [0, 0.05) is 0 Å². The van der Waals surface area contributed by atoms with Gasteiger partial charge in [-0.15, -0.1) is 0 Å². The average Bonchev–Trinajstić information content (AvgIpc) is 2.72. The molecule has 0 spiro atoms. The lowest BCUT2D eigenvalue weighted by Crippen LogP contribution is -2.04. The lowest BCUT2D eigenvalue weighted by atomic mass is 10.3. The van der Waals surface area contributed by atoms with E-state index in [2.05, 4.69) is 72.8 Å². The number of benzene rings is 4. The van der Waals surface area contributed by atoms with Crippen molar-refractivity contribution in [1.29, 1.82) is 0 Å². The Balaban J connectivity index is 1.66. The van der Waals surface area contributed by atoms with E-state index in [1.165, 1.54) is 14.7 Å². The Morgan fingerprint density at radius 3 is 1.27 bits per heavy atom. The molecule has 0 bridgehead atoms. The van der Waals surface area contributed by atoms with Gasteiger partial charge in [0.15, 0.2) is 14.7 Å². The molecular weight excluding hydrogens is 336 g/mol. The van der Waals surface area contributed by atoms with E-state index in [1.54, 1.807) is 0 Å². The summed E-state index contributed by atoms with van der Waals surface area (Å²) in [6, 6.07) is 39.6. The molecule has 0 radical (unpaired) electrons. The average molecular weight is 355 g/mol. The summed E-state index contributed by atoms with van der Waals surface area (Å²) < 4.78 is 5.93. The van der Waals surface area contributed by atoms with Crippen LogP contribution in [0.25, 0.3) is 0 Å². The van der Waals surface area contributed by atoms with Crippen LogP contribution in [0.3, 0.4) is 0 Å². The molecule has 126 valence electrons. The molecule has 0 saturated carbocycles. The van der Waals surface area contributed by atoms with Crippen LogP contribution in [0.2, 0.25) is 0 Å². The van der Waals surface area contributed by atoms with Crippen molar-refractivity contribution in [1.82, 2.24) is 0 Å². The van der Waals surface area contributed by atoms with Gasteiger partial charge in [-0.1, -0.05) is 54.6 Å². The summed E-state index contributed by atoms with van der Waals surface area (Å²) in [6.07, 6.45) is 0. The van der Waals surface area contributed by atoms with Gasteiger partial charge in [-0.25, -0.2) is 0 Å². The fraction of sp³-hybridized carbons (Fsp3) is 0. The lowest BCUT2D eigenvalue weighted by Gasteiger charge is -2.09. The van der Waals surface area contributed by atoms with Crippen LogP contribution in [-0.4, -0.2) is 0 Å². The molecule has 0 atom stereocenters. The lowest BCUT2D eigenvalue weighted by molar-refractivity contribution is 0.482. The predicted octanol–water partition coefficient (Wildman–Crippen LogP) is 6.57. The summed E-state index contributed by atoms with van der Waals surface area (Å²) in [4.78, 5) is 3.91. The van der Waals surface area contributed by atoms with Crippen molar-refractivity contribution in [2.45, 2.75) is 14.7 Å². The van der Waals surface area contributed by atoms with Crippen molar-refractivity contribution in [3.63, 3.8) is 0 Å². The molecule has 26 heavy (non-hydrogen) atoms. The van der Waals surface area contributed by atoms with Crippen LogP contribution < -0.4 is 4.74 Å². The highest BCUT2D eigenvalue weighted by molar-refractivity contribution is 7.97.